The van der Waals surface area contributed by atoms with Crippen LogP contribution in [0.1, 0.15) is 35.6 Å². The molecule has 0 amide bonds. The van der Waals surface area contributed by atoms with E-state index in [0.29, 0.717) is 11.5 Å². The molecule has 0 aromatic heterocycles. The van der Waals surface area contributed by atoms with E-state index in [-0.39, 0.29) is 0 Å². The molecule has 1 atom stereocenters. The Balaban J connectivity index is 1.35. The molecule has 2 aromatic rings. The molecular weight excluding hydrogens is 322 g/mol. The van der Waals surface area contributed by atoms with Crippen LogP contribution in [-0.2, 0) is 6.54 Å². The SMILES string of the molecule is N#Cc1ccc(CNCC2CCN(C[C@H](O)c3ccccc3)CC2)cc1. The maximum Gasteiger partial charge on any atom is 0.0991 e. The number of aliphatic hydroxyl groups is 1. The van der Waals surface area contributed by atoms with Crippen LogP contribution in [0, 0.1) is 17.2 Å². The summed E-state index contributed by atoms with van der Waals surface area (Å²) in [7, 11) is 0. The number of likely N-dealkylation sites (tertiary alicyclic amines) is 1. The summed E-state index contributed by atoms with van der Waals surface area (Å²) in [4.78, 5) is 2.37. The Bertz CT molecular complexity index is 700. The van der Waals surface area contributed by atoms with Crippen LogP contribution in [0.2, 0.25) is 0 Å². The topological polar surface area (TPSA) is 59.3 Å². The van der Waals surface area contributed by atoms with Crippen LogP contribution in [0.4, 0.5) is 0 Å². The zero-order valence-electron chi connectivity index (χ0n) is 15.1. The average Bonchev–Trinajstić information content (AvgIpc) is 2.70. The Morgan fingerprint density at radius 3 is 2.42 bits per heavy atom. The number of nitriles is 1. The van der Waals surface area contributed by atoms with Gasteiger partial charge in [-0.3, -0.25) is 0 Å². The largest absolute Gasteiger partial charge is 0.387 e. The summed E-state index contributed by atoms with van der Waals surface area (Å²) in [5.74, 6) is 0.693. The third-order valence-electron chi connectivity index (χ3n) is 5.17. The molecule has 1 fully saturated rings. The number of nitrogens with zero attached hydrogens (tertiary/aromatic N) is 2. The summed E-state index contributed by atoms with van der Waals surface area (Å²) in [6.45, 7) is 4.68. The summed E-state index contributed by atoms with van der Waals surface area (Å²) in [6, 6.07) is 19.8. The molecule has 2 aromatic carbocycles. The summed E-state index contributed by atoms with van der Waals surface area (Å²) in [5.41, 5.74) is 2.92. The number of benzene rings is 2. The van der Waals surface area contributed by atoms with E-state index in [1.165, 1.54) is 18.4 Å². The molecule has 1 aliphatic rings. The summed E-state index contributed by atoms with van der Waals surface area (Å²) >= 11 is 0. The first-order valence-electron chi connectivity index (χ1n) is 9.39. The highest BCUT2D eigenvalue weighted by atomic mass is 16.3. The molecule has 0 unspecified atom stereocenters. The van der Waals surface area contributed by atoms with Crippen LogP contribution in [0.5, 0.6) is 0 Å². The smallest absolute Gasteiger partial charge is 0.0991 e. The lowest BCUT2D eigenvalue weighted by Crippen LogP contribution is -2.39. The molecule has 4 nitrogen and oxygen atoms in total. The Morgan fingerprint density at radius 1 is 1.08 bits per heavy atom. The number of nitrogens with one attached hydrogen (secondary N) is 1. The van der Waals surface area contributed by atoms with Gasteiger partial charge in [-0.1, -0.05) is 42.5 Å². The van der Waals surface area contributed by atoms with E-state index in [1.807, 2.05) is 54.6 Å². The number of rotatable bonds is 7. The van der Waals surface area contributed by atoms with E-state index in [4.69, 9.17) is 5.26 Å². The molecule has 0 saturated carbocycles. The molecule has 0 aliphatic carbocycles. The van der Waals surface area contributed by atoms with E-state index in [1.54, 1.807) is 0 Å². The quantitative estimate of drug-likeness (QED) is 0.806. The monoisotopic (exact) mass is 349 g/mol. The molecule has 3 rings (SSSR count). The van der Waals surface area contributed by atoms with Crippen molar-refractivity contribution in [3.05, 3.63) is 71.3 Å². The normalized spacial score (nSPS) is 16.9. The maximum atomic E-state index is 10.4. The Hall–Kier alpha value is -2.19. The van der Waals surface area contributed by atoms with Crippen LogP contribution in [0.25, 0.3) is 0 Å². The van der Waals surface area contributed by atoms with Gasteiger partial charge in [-0.05, 0) is 61.7 Å². The average molecular weight is 349 g/mol. The summed E-state index contributed by atoms with van der Waals surface area (Å²) in [6.07, 6.45) is 1.94. The molecule has 2 N–H and O–H groups in total. The number of hydrogen-bond donors (Lipinski definition) is 2. The number of piperidine rings is 1. The van der Waals surface area contributed by atoms with Crippen LogP contribution < -0.4 is 5.32 Å². The van der Waals surface area contributed by atoms with Crippen LogP contribution in [0.15, 0.2) is 54.6 Å². The van der Waals surface area contributed by atoms with Gasteiger partial charge < -0.3 is 15.3 Å². The second kappa shape index (κ2) is 9.49. The molecule has 136 valence electrons. The van der Waals surface area contributed by atoms with Gasteiger partial charge in [0.2, 0.25) is 0 Å². The second-order valence-corrected chi connectivity index (χ2v) is 7.11. The van der Waals surface area contributed by atoms with Crippen LogP contribution in [-0.4, -0.2) is 36.2 Å². The Kier molecular flexibility index (Phi) is 6.79. The highest BCUT2D eigenvalue weighted by molar-refractivity contribution is 5.31. The fraction of sp³-hybridized carbons (Fsp3) is 0.409. The van der Waals surface area contributed by atoms with Crippen molar-refractivity contribution >= 4 is 0 Å². The Labute approximate surface area is 156 Å². The van der Waals surface area contributed by atoms with Crippen LogP contribution in [0.3, 0.4) is 0 Å². The minimum Gasteiger partial charge on any atom is -0.387 e. The molecule has 4 heteroatoms. The van der Waals surface area contributed by atoms with Gasteiger partial charge in [0.05, 0.1) is 17.7 Å². The van der Waals surface area contributed by atoms with Gasteiger partial charge in [-0.15, -0.1) is 0 Å². The molecule has 0 spiro atoms. The van der Waals surface area contributed by atoms with Crippen molar-refractivity contribution in [2.24, 2.45) is 5.92 Å². The lowest BCUT2D eigenvalue weighted by atomic mass is 9.96. The highest BCUT2D eigenvalue weighted by Crippen LogP contribution is 2.20. The molecule has 0 bridgehead atoms. The molecular formula is C22H27N3O. The molecule has 0 radical (unpaired) electrons. The van der Waals surface area contributed by atoms with Gasteiger partial charge in [0.1, 0.15) is 0 Å². The van der Waals surface area contributed by atoms with Crippen molar-refractivity contribution in [3.8, 4) is 6.07 Å². The van der Waals surface area contributed by atoms with Gasteiger partial charge in [-0.25, -0.2) is 0 Å². The number of hydrogen-bond acceptors (Lipinski definition) is 4. The fourth-order valence-corrected chi connectivity index (χ4v) is 3.52. The van der Waals surface area contributed by atoms with Gasteiger partial charge in [0, 0.05) is 13.1 Å². The van der Waals surface area contributed by atoms with E-state index >= 15 is 0 Å². The maximum absolute atomic E-state index is 10.4. The first kappa shape index (κ1) is 18.6. The van der Waals surface area contributed by atoms with Crippen molar-refractivity contribution in [3.63, 3.8) is 0 Å². The van der Waals surface area contributed by atoms with E-state index < -0.39 is 6.10 Å². The van der Waals surface area contributed by atoms with Gasteiger partial charge in [0.15, 0.2) is 0 Å². The minimum atomic E-state index is -0.401. The lowest BCUT2D eigenvalue weighted by Gasteiger charge is -2.33. The number of aliphatic hydroxyl groups excluding tert-OH is 1. The first-order chi connectivity index (χ1) is 12.7. The van der Waals surface area contributed by atoms with E-state index in [0.717, 1.165) is 38.3 Å². The van der Waals surface area contributed by atoms with Gasteiger partial charge in [0.25, 0.3) is 0 Å². The highest BCUT2D eigenvalue weighted by Gasteiger charge is 2.21. The standard InChI is InChI=1S/C22H27N3O/c23-14-18-6-8-19(9-7-18)15-24-16-20-10-12-25(13-11-20)17-22(26)21-4-2-1-3-5-21/h1-9,20,22,24,26H,10-13,15-17H2/t22-/m0/s1. The van der Waals surface area contributed by atoms with Crippen molar-refractivity contribution < 1.29 is 5.11 Å². The summed E-state index contributed by atoms with van der Waals surface area (Å²) in [5, 5.41) is 22.7. The molecule has 26 heavy (non-hydrogen) atoms. The molecule has 1 aliphatic heterocycles. The van der Waals surface area contributed by atoms with Crippen molar-refractivity contribution in [2.45, 2.75) is 25.5 Å². The molecule has 1 saturated heterocycles. The third-order valence-corrected chi connectivity index (χ3v) is 5.17. The van der Waals surface area contributed by atoms with Crippen molar-refractivity contribution in [1.82, 2.24) is 10.2 Å². The van der Waals surface area contributed by atoms with Gasteiger partial charge in [-0.2, -0.15) is 5.26 Å². The van der Waals surface area contributed by atoms with Crippen LogP contribution >= 0.6 is 0 Å². The van der Waals surface area contributed by atoms with Crippen molar-refractivity contribution in [2.75, 3.05) is 26.2 Å². The van der Waals surface area contributed by atoms with Crippen molar-refractivity contribution in [1.29, 1.82) is 5.26 Å². The minimum absolute atomic E-state index is 0.401. The lowest BCUT2D eigenvalue weighted by molar-refractivity contribution is 0.0891. The van der Waals surface area contributed by atoms with E-state index in [9.17, 15) is 5.11 Å². The van der Waals surface area contributed by atoms with Gasteiger partial charge >= 0.3 is 0 Å². The Morgan fingerprint density at radius 2 is 1.77 bits per heavy atom. The zero-order chi connectivity index (χ0) is 18.2. The predicted molar refractivity (Wildman–Crippen MR) is 103 cm³/mol. The second-order valence-electron chi connectivity index (χ2n) is 7.11. The number of β-amino-alcohol motifs (C(OH)–C–C–N with tert-alkyl or cyclic N) is 1. The zero-order valence-corrected chi connectivity index (χ0v) is 15.1. The first-order valence-corrected chi connectivity index (χ1v) is 9.39. The predicted octanol–water partition coefficient (Wildman–Crippen LogP) is 3.09. The fourth-order valence-electron chi connectivity index (χ4n) is 3.52. The summed E-state index contributed by atoms with van der Waals surface area (Å²) < 4.78 is 0. The van der Waals surface area contributed by atoms with E-state index in [2.05, 4.69) is 16.3 Å². The molecule has 1 heterocycles. The third kappa shape index (κ3) is 5.40.